The third-order valence-electron chi connectivity index (χ3n) is 3.43. The predicted octanol–water partition coefficient (Wildman–Crippen LogP) is 3.74. The van der Waals surface area contributed by atoms with Crippen LogP contribution in [0.1, 0.15) is 24.1 Å². The SMILES string of the molecule is CC(c1ccccc1F)N(C)Cc1cc(N)cc(F)c1. The van der Waals surface area contributed by atoms with Crippen LogP contribution in [0, 0.1) is 11.6 Å². The van der Waals surface area contributed by atoms with Gasteiger partial charge < -0.3 is 5.73 Å². The molecule has 0 fully saturated rings. The van der Waals surface area contributed by atoms with Gasteiger partial charge in [-0.25, -0.2) is 8.78 Å². The summed E-state index contributed by atoms with van der Waals surface area (Å²) in [6, 6.07) is 11.0. The van der Waals surface area contributed by atoms with Gasteiger partial charge in [-0.15, -0.1) is 0 Å². The van der Waals surface area contributed by atoms with Gasteiger partial charge in [0.05, 0.1) is 0 Å². The van der Waals surface area contributed by atoms with Crippen LogP contribution in [-0.4, -0.2) is 11.9 Å². The van der Waals surface area contributed by atoms with Gasteiger partial charge in [-0.3, -0.25) is 4.90 Å². The van der Waals surface area contributed by atoms with Crippen LogP contribution in [0.25, 0.3) is 0 Å². The Bertz CT molecular complexity index is 579. The number of halogens is 2. The predicted molar refractivity (Wildman–Crippen MR) is 77.1 cm³/mol. The van der Waals surface area contributed by atoms with Gasteiger partial charge in [0.2, 0.25) is 0 Å². The fraction of sp³-hybridized carbons (Fsp3) is 0.250. The van der Waals surface area contributed by atoms with Gasteiger partial charge in [-0.05, 0) is 43.8 Å². The van der Waals surface area contributed by atoms with Crippen LogP contribution in [-0.2, 0) is 6.54 Å². The first kappa shape index (κ1) is 14.5. The minimum absolute atomic E-state index is 0.110. The van der Waals surface area contributed by atoms with Gasteiger partial charge in [0.25, 0.3) is 0 Å². The second-order valence-corrected chi connectivity index (χ2v) is 5.01. The number of anilines is 1. The van der Waals surface area contributed by atoms with Crippen molar-refractivity contribution >= 4 is 5.69 Å². The van der Waals surface area contributed by atoms with Gasteiger partial charge in [0, 0.05) is 23.8 Å². The van der Waals surface area contributed by atoms with E-state index in [0.29, 0.717) is 17.8 Å². The van der Waals surface area contributed by atoms with E-state index in [0.717, 1.165) is 5.56 Å². The number of hydrogen-bond acceptors (Lipinski definition) is 2. The topological polar surface area (TPSA) is 29.3 Å². The molecule has 0 aliphatic carbocycles. The van der Waals surface area contributed by atoms with Crippen LogP contribution < -0.4 is 5.73 Å². The number of benzene rings is 2. The molecule has 0 aromatic heterocycles. The number of nitrogens with two attached hydrogens (primary N) is 1. The van der Waals surface area contributed by atoms with E-state index < -0.39 is 0 Å². The Morgan fingerprint density at radius 3 is 2.50 bits per heavy atom. The molecule has 20 heavy (non-hydrogen) atoms. The molecule has 0 aliphatic rings. The van der Waals surface area contributed by atoms with Crippen molar-refractivity contribution in [1.82, 2.24) is 4.90 Å². The Morgan fingerprint density at radius 1 is 1.15 bits per heavy atom. The lowest BCUT2D eigenvalue weighted by Gasteiger charge is -2.25. The summed E-state index contributed by atoms with van der Waals surface area (Å²) in [6.07, 6.45) is 0. The molecule has 0 aliphatic heterocycles. The molecule has 2 N–H and O–H groups in total. The Labute approximate surface area is 117 Å². The average molecular weight is 276 g/mol. The van der Waals surface area contributed by atoms with Crippen molar-refractivity contribution in [2.75, 3.05) is 12.8 Å². The summed E-state index contributed by atoms with van der Waals surface area (Å²) >= 11 is 0. The largest absolute Gasteiger partial charge is 0.399 e. The van der Waals surface area contributed by atoms with E-state index in [1.807, 2.05) is 24.9 Å². The molecule has 0 bridgehead atoms. The van der Waals surface area contributed by atoms with E-state index in [4.69, 9.17) is 5.73 Å². The fourth-order valence-corrected chi connectivity index (χ4v) is 2.24. The highest BCUT2D eigenvalue weighted by Gasteiger charge is 2.15. The highest BCUT2D eigenvalue weighted by Crippen LogP contribution is 2.23. The van der Waals surface area contributed by atoms with E-state index >= 15 is 0 Å². The molecule has 2 rings (SSSR count). The molecule has 0 saturated carbocycles. The van der Waals surface area contributed by atoms with Gasteiger partial charge in [0.15, 0.2) is 0 Å². The smallest absolute Gasteiger partial charge is 0.127 e. The molecule has 0 amide bonds. The molecule has 0 spiro atoms. The van der Waals surface area contributed by atoms with E-state index in [9.17, 15) is 8.78 Å². The zero-order valence-corrected chi connectivity index (χ0v) is 11.6. The molecule has 2 aromatic rings. The lowest BCUT2D eigenvalue weighted by Crippen LogP contribution is -2.22. The van der Waals surface area contributed by atoms with Gasteiger partial charge >= 0.3 is 0 Å². The van der Waals surface area contributed by atoms with Crippen molar-refractivity contribution in [3.8, 4) is 0 Å². The Balaban J connectivity index is 2.15. The van der Waals surface area contributed by atoms with Crippen LogP contribution in [0.3, 0.4) is 0 Å². The lowest BCUT2D eigenvalue weighted by atomic mass is 10.1. The van der Waals surface area contributed by atoms with E-state index in [1.54, 1.807) is 18.2 Å². The molecule has 1 unspecified atom stereocenters. The third kappa shape index (κ3) is 3.33. The van der Waals surface area contributed by atoms with Crippen molar-refractivity contribution in [1.29, 1.82) is 0 Å². The molecular formula is C16H18F2N2. The van der Waals surface area contributed by atoms with Crippen molar-refractivity contribution < 1.29 is 8.78 Å². The second kappa shape index (κ2) is 6.01. The minimum Gasteiger partial charge on any atom is -0.399 e. The maximum absolute atomic E-state index is 13.8. The van der Waals surface area contributed by atoms with E-state index in [1.165, 1.54) is 18.2 Å². The Kier molecular flexibility index (Phi) is 4.35. The molecule has 0 saturated heterocycles. The van der Waals surface area contributed by atoms with Crippen LogP contribution in [0.5, 0.6) is 0 Å². The molecule has 106 valence electrons. The van der Waals surface area contributed by atoms with E-state index in [2.05, 4.69) is 0 Å². The summed E-state index contributed by atoms with van der Waals surface area (Å²) in [5, 5.41) is 0. The average Bonchev–Trinajstić information content (AvgIpc) is 2.37. The molecule has 1 atom stereocenters. The summed E-state index contributed by atoms with van der Waals surface area (Å²) in [4.78, 5) is 1.95. The zero-order chi connectivity index (χ0) is 14.7. The van der Waals surface area contributed by atoms with Gasteiger partial charge in [-0.1, -0.05) is 18.2 Å². The summed E-state index contributed by atoms with van der Waals surface area (Å²) in [5.74, 6) is -0.586. The van der Waals surface area contributed by atoms with Crippen molar-refractivity contribution in [2.45, 2.75) is 19.5 Å². The Morgan fingerprint density at radius 2 is 1.85 bits per heavy atom. The maximum atomic E-state index is 13.8. The first-order valence-corrected chi connectivity index (χ1v) is 6.47. The standard InChI is InChI=1S/C16H18F2N2/c1-11(15-5-3-4-6-16(15)18)20(2)10-12-7-13(17)9-14(19)8-12/h3-9,11H,10,19H2,1-2H3. The lowest BCUT2D eigenvalue weighted by molar-refractivity contribution is 0.247. The Hall–Kier alpha value is -1.94. The number of nitrogens with zero attached hydrogens (tertiary/aromatic N) is 1. The van der Waals surface area contributed by atoms with Gasteiger partial charge in [-0.2, -0.15) is 0 Å². The quantitative estimate of drug-likeness (QED) is 0.862. The number of nitrogen functional groups attached to an aromatic ring is 1. The summed E-state index contributed by atoms with van der Waals surface area (Å²) in [6.45, 7) is 2.42. The van der Waals surface area contributed by atoms with Crippen molar-refractivity contribution in [3.63, 3.8) is 0 Å². The van der Waals surface area contributed by atoms with Crippen molar-refractivity contribution in [2.24, 2.45) is 0 Å². The normalized spacial score (nSPS) is 12.7. The monoisotopic (exact) mass is 276 g/mol. The molecule has 0 radical (unpaired) electrons. The van der Waals surface area contributed by atoms with Crippen LogP contribution in [0.4, 0.5) is 14.5 Å². The highest BCUT2D eigenvalue weighted by atomic mass is 19.1. The molecular weight excluding hydrogens is 258 g/mol. The highest BCUT2D eigenvalue weighted by molar-refractivity contribution is 5.41. The van der Waals surface area contributed by atoms with E-state index in [-0.39, 0.29) is 17.7 Å². The van der Waals surface area contributed by atoms with Crippen LogP contribution in [0.15, 0.2) is 42.5 Å². The molecule has 4 heteroatoms. The van der Waals surface area contributed by atoms with Crippen LogP contribution >= 0.6 is 0 Å². The zero-order valence-electron chi connectivity index (χ0n) is 11.6. The van der Waals surface area contributed by atoms with Crippen LogP contribution in [0.2, 0.25) is 0 Å². The second-order valence-electron chi connectivity index (χ2n) is 5.01. The number of hydrogen-bond donors (Lipinski definition) is 1. The first-order chi connectivity index (χ1) is 9.47. The minimum atomic E-state index is -0.355. The summed E-state index contributed by atoms with van der Waals surface area (Å²) in [5.41, 5.74) is 7.42. The van der Waals surface area contributed by atoms with Gasteiger partial charge in [0.1, 0.15) is 11.6 Å². The molecule has 2 nitrogen and oxygen atoms in total. The fourth-order valence-electron chi connectivity index (χ4n) is 2.24. The number of rotatable bonds is 4. The molecule has 0 heterocycles. The third-order valence-corrected chi connectivity index (χ3v) is 3.43. The summed E-state index contributed by atoms with van der Waals surface area (Å²) in [7, 11) is 1.87. The summed E-state index contributed by atoms with van der Waals surface area (Å²) < 4.78 is 27.1. The maximum Gasteiger partial charge on any atom is 0.127 e. The first-order valence-electron chi connectivity index (χ1n) is 6.47. The molecule has 2 aromatic carbocycles. The van der Waals surface area contributed by atoms with Crippen molar-refractivity contribution in [3.05, 3.63) is 65.2 Å².